The average molecular weight is 355 g/mol. The molecule has 0 amide bonds. The Labute approximate surface area is 147 Å². The largest absolute Gasteiger partial charge is 0.474 e. The molecule has 0 saturated carbocycles. The summed E-state index contributed by atoms with van der Waals surface area (Å²) in [5.41, 5.74) is 2.27. The molecule has 25 heavy (non-hydrogen) atoms. The molecule has 0 aliphatic heterocycles. The zero-order valence-corrected chi connectivity index (χ0v) is 13.7. The fourth-order valence-electron chi connectivity index (χ4n) is 2.48. The van der Waals surface area contributed by atoms with Crippen molar-refractivity contribution >= 4 is 17.2 Å². The van der Waals surface area contributed by atoms with Crippen molar-refractivity contribution in [1.82, 2.24) is 19.6 Å². The second kappa shape index (κ2) is 6.49. The van der Waals surface area contributed by atoms with Crippen LogP contribution in [0, 0.1) is 5.82 Å². The molecule has 4 aromatic rings. The van der Waals surface area contributed by atoms with Gasteiger partial charge in [-0.05, 0) is 48.0 Å². The Morgan fingerprint density at radius 3 is 2.68 bits per heavy atom. The molecule has 0 unspecified atom stereocenters. The van der Waals surface area contributed by atoms with Crippen LogP contribution in [0.25, 0.3) is 17.0 Å². The van der Waals surface area contributed by atoms with Gasteiger partial charge in [0.05, 0.1) is 5.02 Å². The first-order valence-corrected chi connectivity index (χ1v) is 7.91. The highest BCUT2D eigenvalue weighted by Crippen LogP contribution is 2.27. The van der Waals surface area contributed by atoms with Crippen molar-refractivity contribution in [3.63, 3.8) is 0 Å². The minimum atomic E-state index is -0.478. The summed E-state index contributed by atoms with van der Waals surface area (Å²) in [4.78, 5) is 3.99. The first-order chi connectivity index (χ1) is 12.2. The van der Waals surface area contributed by atoms with Crippen LogP contribution in [-0.2, 0) is 6.61 Å². The number of rotatable bonds is 4. The van der Waals surface area contributed by atoms with Gasteiger partial charge < -0.3 is 4.74 Å². The summed E-state index contributed by atoms with van der Waals surface area (Å²) < 4.78 is 21.1. The summed E-state index contributed by atoms with van der Waals surface area (Å²) in [6, 6.07) is 13.7. The molecular formula is C18H12ClFN4O. The first kappa shape index (κ1) is 15.5. The van der Waals surface area contributed by atoms with Crippen molar-refractivity contribution in [1.29, 1.82) is 0 Å². The Hall–Kier alpha value is -2.99. The summed E-state index contributed by atoms with van der Waals surface area (Å²) in [7, 11) is 0. The lowest BCUT2D eigenvalue weighted by atomic mass is 10.2. The molecule has 3 heterocycles. The molecule has 0 bridgehead atoms. The van der Waals surface area contributed by atoms with Crippen molar-refractivity contribution in [2.75, 3.05) is 0 Å². The summed E-state index contributed by atoms with van der Waals surface area (Å²) >= 11 is 5.89. The van der Waals surface area contributed by atoms with Crippen LogP contribution >= 0.6 is 11.6 Å². The lowest BCUT2D eigenvalue weighted by Gasteiger charge is -2.10. The van der Waals surface area contributed by atoms with E-state index in [-0.39, 0.29) is 5.02 Å². The molecule has 1 aromatic carbocycles. The zero-order valence-electron chi connectivity index (χ0n) is 12.9. The third-order valence-electron chi connectivity index (χ3n) is 3.71. The highest BCUT2D eigenvalue weighted by atomic mass is 35.5. The number of benzene rings is 1. The number of pyridine rings is 2. The van der Waals surface area contributed by atoms with Crippen LogP contribution in [0.15, 0.2) is 60.9 Å². The summed E-state index contributed by atoms with van der Waals surface area (Å²) in [5, 5.41) is 8.37. The minimum absolute atomic E-state index is 0.0319. The molecule has 4 rings (SSSR count). The third kappa shape index (κ3) is 3.04. The van der Waals surface area contributed by atoms with Crippen LogP contribution in [-0.4, -0.2) is 19.6 Å². The summed E-state index contributed by atoms with van der Waals surface area (Å²) in [6.07, 6.45) is 3.42. The van der Waals surface area contributed by atoms with E-state index in [1.165, 1.54) is 12.1 Å². The SMILES string of the molecule is Fc1ccc(-c2nnc3cccc(OCc4ccncc4)n23)cc1Cl. The fraction of sp³-hybridized carbons (Fsp3) is 0.0556. The average Bonchev–Trinajstić information content (AvgIpc) is 3.08. The maximum absolute atomic E-state index is 13.4. The molecule has 0 spiro atoms. The fourth-order valence-corrected chi connectivity index (χ4v) is 2.66. The Morgan fingerprint density at radius 2 is 1.88 bits per heavy atom. The van der Waals surface area contributed by atoms with Crippen LogP contribution < -0.4 is 4.74 Å². The molecule has 0 radical (unpaired) electrons. The number of aromatic nitrogens is 4. The van der Waals surface area contributed by atoms with Gasteiger partial charge in [-0.25, -0.2) is 8.79 Å². The second-order valence-corrected chi connectivity index (χ2v) is 5.76. The van der Waals surface area contributed by atoms with E-state index in [1.807, 2.05) is 30.3 Å². The number of hydrogen-bond acceptors (Lipinski definition) is 4. The third-order valence-corrected chi connectivity index (χ3v) is 4.00. The Morgan fingerprint density at radius 1 is 1.04 bits per heavy atom. The maximum atomic E-state index is 13.4. The molecule has 0 atom stereocenters. The smallest absolute Gasteiger partial charge is 0.201 e. The lowest BCUT2D eigenvalue weighted by Crippen LogP contribution is -2.01. The molecule has 0 fully saturated rings. The summed E-state index contributed by atoms with van der Waals surface area (Å²) in [5.74, 6) is 0.630. The van der Waals surface area contributed by atoms with E-state index >= 15 is 0 Å². The van der Waals surface area contributed by atoms with Crippen LogP contribution in [0.5, 0.6) is 5.88 Å². The van der Waals surface area contributed by atoms with E-state index in [1.54, 1.807) is 22.9 Å². The quantitative estimate of drug-likeness (QED) is 0.552. The highest BCUT2D eigenvalue weighted by molar-refractivity contribution is 6.31. The lowest BCUT2D eigenvalue weighted by molar-refractivity contribution is 0.290. The second-order valence-electron chi connectivity index (χ2n) is 5.35. The van der Waals surface area contributed by atoms with Gasteiger partial charge in [0.2, 0.25) is 5.88 Å². The molecule has 5 nitrogen and oxygen atoms in total. The van der Waals surface area contributed by atoms with E-state index in [4.69, 9.17) is 16.3 Å². The van der Waals surface area contributed by atoms with Crippen LogP contribution in [0.4, 0.5) is 4.39 Å². The number of hydrogen-bond donors (Lipinski definition) is 0. The molecule has 0 aliphatic rings. The normalized spacial score (nSPS) is 11.0. The first-order valence-electron chi connectivity index (χ1n) is 7.53. The molecule has 0 saturated heterocycles. The number of ether oxygens (including phenoxy) is 1. The van der Waals surface area contributed by atoms with Gasteiger partial charge in [-0.1, -0.05) is 17.7 Å². The topological polar surface area (TPSA) is 52.3 Å². The van der Waals surface area contributed by atoms with Crippen molar-refractivity contribution in [2.24, 2.45) is 0 Å². The van der Waals surface area contributed by atoms with Crippen molar-refractivity contribution in [2.45, 2.75) is 6.61 Å². The molecule has 0 N–H and O–H groups in total. The van der Waals surface area contributed by atoms with Crippen molar-refractivity contribution in [3.8, 4) is 17.3 Å². The van der Waals surface area contributed by atoms with Crippen LogP contribution in [0.3, 0.4) is 0 Å². The van der Waals surface area contributed by atoms with Gasteiger partial charge in [0.25, 0.3) is 0 Å². The number of nitrogens with zero attached hydrogens (tertiary/aromatic N) is 4. The van der Waals surface area contributed by atoms with E-state index in [2.05, 4.69) is 15.2 Å². The molecule has 7 heteroatoms. The Balaban J connectivity index is 1.75. The van der Waals surface area contributed by atoms with Gasteiger partial charge >= 0.3 is 0 Å². The van der Waals surface area contributed by atoms with Gasteiger partial charge in [0, 0.05) is 18.0 Å². The van der Waals surface area contributed by atoms with Gasteiger partial charge in [-0.15, -0.1) is 10.2 Å². The zero-order chi connectivity index (χ0) is 17.2. The Kier molecular flexibility index (Phi) is 4.03. The van der Waals surface area contributed by atoms with Gasteiger partial charge in [-0.2, -0.15) is 0 Å². The van der Waals surface area contributed by atoms with Gasteiger partial charge in [0.15, 0.2) is 11.5 Å². The van der Waals surface area contributed by atoms with Crippen molar-refractivity contribution in [3.05, 3.63) is 77.3 Å². The maximum Gasteiger partial charge on any atom is 0.201 e. The molecular weight excluding hydrogens is 343 g/mol. The Bertz CT molecular complexity index is 1040. The standard InChI is InChI=1S/C18H12ClFN4O/c19-14-10-13(4-5-15(14)20)18-23-22-16-2-1-3-17(24(16)18)25-11-12-6-8-21-9-7-12/h1-10H,11H2. The minimum Gasteiger partial charge on any atom is -0.474 e. The van der Waals surface area contributed by atoms with E-state index < -0.39 is 5.82 Å². The monoisotopic (exact) mass is 354 g/mol. The van der Waals surface area contributed by atoms with Crippen LogP contribution in [0.2, 0.25) is 5.02 Å². The van der Waals surface area contributed by atoms with E-state index in [9.17, 15) is 4.39 Å². The molecule has 124 valence electrons. The van der Waals surface area contributed by atoms with E-state index in [0.717, 1.165) is 5.56 Å². The number of fused-ring (bicyclic) bond motifs is 1. The van der Waals surface area contributed by atoms with Crippen molar-refractivity contribution < 1.29 is 9.13 Å². The number of halogens is 2. The van der Waals surface area contributed by atoms with Gasteiger partial charge in [-0.3, -0.25) is 4.98 Å². The summed E-state index contributed by atoms with van der Waals surface area (Å²) in [6.45, 7) is 0.378. The van der Waals surface area contributed by atoms with Gasteiger partial charge in [0.1, 0.15) is 12.4 Å². The predicted molar refractivity (Wildman–Crippen MR) is 92.0 cm³/mol. The molecule has 0 aliphatic carbocycles. The highest BCUT2D eigenvalue weighted by Gasteiger charge is 2.14. The van der Waals surface area contributed by atoms with E-state index in [0.29, 0.717) is 29.5 Å². The molecule has 3 aromatic heterocycles. The predicted octanol–water partition coefficient (Wildman–Crippen LogP) is 4.16. The van der Waals surface area contributed by atoms with Crippen LogP contribution in [0.1, 0.15) is 5.56 Å².